The van der Waals surface area contributed by atoms with Gasteiger partial charge in [0, 0.05) is 29.3 Å². The first-order chi connectivity index (χ1) is 12.5. The Labute approximate surface area is 151 Å². The molecule has 1 atom stereocenters. The molecule has 0 spiro atoms. The molecule has 1 unspecified atom stereocenters. The lowest BCUT2D eigenvalue weighted by atomic mass is 10.1. The molecule has 0 saturated heterocycles. The van der Waals surface area contributed by atoms with Crippen molar-refractivity contribution >= 4 is 23.3 Å². The number of nitrogens with one attached hydrogen (secondary N) is 2. The van der Waals surface area contributed by atoms with E-state index in [1.807, 2.05) is 19.9 Å². The molecule has 0 bridgehead atoms. The minimum absolute atomic E-state index is 0.107. The standard InChI is InChI=1S/C19H21N3O4/c1-3-25-17-9-13-8-11(2)26-16(13)10-15(17)22-18(23)12-4-6-14(7-5-12)21-19(20)24/h4-7,9-11H,3,8H2,1-2H3,(H,22,23)(H3,20,21,24). The number of anilines is 2. The first-order valence-corrected chi connectivity index (χ1v) is 8.40. The Kier molecular flexibility index (Phi) is 4.97. The number of rotatable bonds is 5. The van der Waals surface area contributed by atoms with Gasteiger partial charge in [-0.2, -0.15) is 0 Å². The van der Waals surface area contributed by atoms with Crippen molar-refractivity contribution in [2.45, 2.75) is 26.4 Å². The molecule has 26 heavy (non-hydrogen) atoms. The van der Waals surface area contributed by atoms with Crippen molar-refractivity contribution in [3.8, 4) is 11.5 Å². The van der Waals surface area contributed by atoms with Gasteiger partial charge in [-0.25, -0.2) is 4.79 Å². The third-order valence-electron chi connectivity index (χ3n) is 3.96. The molecule has 0 radical (unpaired) electrons. The van der Waals surface area contributed by atoms with E-state index in [0.29, 0.717) is 29.3 Å². The van der Waals surface area contributed by atoms with Gasteiger partial charge in [0.2, 0.25) is 0 Å². The van der Waals surface area contributed by atoms with Gasteiger partial charge in [-0.1, -0.05) is 0 Å². The first kappa shape index (κ1) is 17.6. The van der Waals surface area contributed by atoms with Crippen LogP contribution in [-0.2, 0) is 6.42 Å². The van der Waals surface area contributed by atoms with Crippen molar-refractivity contribution < 1.29 is 19.1 Å². The van der Waals surface area contributed by atoms with Crippen LogP contribution in [-0.4, -0.2) is 24.6 Å². The van der Waals surface area contributed by atoms with Crippen molar-refractivity contribution in [3.63, 3.8) is 0 Å². The highest BCUT2D eigenvalue weighted by Gasteiger charge is 2.22. The molecule has 7 nitrogen and oxygen atoms in total. The smallest absolute Gasteiger partial charge is 0.316 e. The maximum Gasteiger partial charge on any atom is 0.316 e. The van der Waals surface area contributed by atoms with Gasteiger partial charge in [0.15, 0.2) is 0 Å². The van der Waals surface area contributed by atoms with Gasteiger partial charge in [0.25, 0.3) is 5.91 Å². The normalized spacial score (nSPS) is 14.9. The summed E-state index contributed by atoms with van der Waals surface area (Å²) in [6.45, 7) is 4.38. The second-order valence-corrected chi connectivity index (χ2v) is 6.04. The molecule has 0 aliphatic carbocycles. The third kappa shape index (κ3) is 3.88. The van der Waals surface area contributed by atoms with Gasteiger partial charge in [0.05, 0.1) is 12.3 Å². The van der Waals surface area contributed by atoms with E-state index >= 15 is 0 Å². The fourth-order valence-corrected chi connectivity index (χ4v) is 2.85. The van der Waals surface area contributed by atoms with E-state index in [9.17, 15) is 9.59 Å². The van der Waals surface area contributed by atoms with Crippen molar-refractivity contribution in [1.29, 1.82) is 0 Å². The van der Waals surface area contributed by atoms with E-state index in [1.165, 1.54) is 0 Å². The third-order valence-corrected chi connectivity index (χ3v) is 3.96. The molecule has 7 heteroatoms. The molecular weight excluding hydrogens is 334 g/mol. The monoisotopic (exact) mass is 355 g/mol. The molecule has 2 aromatic carbocycles. The zero-order valence-electron chi connectivity index (χ0n) is 14.7. The molecular formula is C19H21N3O4. The zero-order valence-corrected chi connectivity index (χ0v) is 14.7. The summed E-state index contributed by atoms with van der Waals surface area (Å²) in [5.74, 6) is 1.09. The highest BCUT2D eigenvalue weighted by atomic mass is 16.5. The van der Waals surface area contributed by atoms with Crippen molar-refractivity contribution in [1.82, 2.24) is 0 Å². The summed E-state index contributed by atoms with van der Waals surface area (Å²) in [5.41, 5.74) is 7.66. The molecule has 0 aromatic heterocycles. The van der Waals surface area contributed by atoms with Gasteiger partial charge < -0.3 is 25.8 Å². The van der Waals surface area contributed by atoms with E-state index in [1.54, 1.807) is 30.3 Å². The molecule has 3 rings (SSSR count). The van der Waals surface area contributed by atoms with Gasteiger partial charge in [-0.05, 0) is 44.2 Å². The number of urea groups is 1. The molecule has 0 fully saturated rings. The van der Waals surface area contributed by atoms with Crippen LogP contribution in [0.15, 0.2) is 36.4 Å². The number of ether oxygens (including phenoxy) is 2. The summed E-state index contributed by atoms with van der Waals surface area (Å²) < 4.78 is 11.4. The number of hydrogen-bond donors (Lipinski definition) is 3. The number of benzene rings is 2. The van der Waals surface area contributed by atoms with Crippen molar-refractivity contribution in [2.75, 3.05) is 17.2 Å². The Morgan fingerprint density at radius 1 is 1.23 bits per heavy atom. The topological polar surface area (TPSA) is 103 Å². The van der Waals surface area contributed by atoms with E-state index in [4.69, 9.17) is 15.2 Å². The van der Waals surface area contributed by atoms with Crippen LogP contribution in [0.3, 0.4) is 0 Å². The lowest BCUT2D eigenvalue weighted by Gasteiger charge is -2.14. The molecule has 2 aromatic rings. The van der Waals surface area contributed by atoms with Crippen LogP contribution in [0.4, 0.5) is 16.2 Å². The van der Waals surface area contributed by atoms with Crippen LogP contribution in [0.25, 0.3) is 0 Å². The molecule has 136 valence electrons. The molecule has 4 N–H and O–H groups in total. The molecule has 1 heterocycles. The van der Waals surface area contributed by atoms with Crippen LogP contribution in [0.2, 0.25) is 0 Å². The fourth-order valence-electron chi connectivity index (χ4n) is 2.85. The SMILES string of the molecule is CCOc1cc2c(cc1NC(=O)c1ccc(NC(N)=O)cc1)OC(C)C2. The Morgan fingerprint density at radius 3 is 2.62 bits per heavy atom. The second kappa shape index (κ2) is 7.35. The van der Waals surface area contributed by atoms with E-state index in [2.05, 4.69) is 10.6 Å². The number of hydrogen-bond acceptors (Lipinski definition) is 4. The van der Waals surface area contributed by atoms with Crippen LogP contribution in [0, 0.1) is 0 Å². The average molecular weight is 355 g/mol. The summed E-state index contributed by atoms with van der Waals surface area (Å²) >= 11 is 0. The van der Waals surface area contributed by atoms with Gasteiger partial charge in [-0.3, -0.25) is 4.79 Å². The summed E-state index contributed by atoms with van der Waals surface area (Å²) in [7, 11) is 0. The highest BCUT2D eigenvalue weighted by molar-refractivity contribution is 6.05. The highest BCUT2D eigenvalue weighted by Crippen LogP contribution is 2.38. The number of nitrogens with two attached hydrogens (primary N) is 1. The largest absolute Gasteiger partial charge is 0.492 e. The predicted octanol–water partition coefficient (Wildman–Crippen LogP) is 3.15. The maximum absolute atomic E-state index is 12.5. The summed E-state index contributed by atoms with van der Waals surface area (Å²) in [4.78, 5) is 23.4. The molecule has 1 aliphatic rings. The minimum atomic E-state index is -0.657. The number of amides is 3. The van der Waals surface area contributed by atoms with E-state index in [-0.39, 0.29) is 12.0 Å². The number of fused-ring (bicyclic) bond motifs is 1. The molecule has 0 saturated carbocycles. The summed E-state index contributed by atoms with van der Waals surface area (Å²) in [5, 5.41) is 5.31. The zero-order chi connectivity index (χ0) is 18.7. The first-order valence-electron chi connectivity index (χ1n) is 8.40. The number of primary amides is 1. The van der Waals surface area contributed by atoms with Crippen LogP contribution in [0.5, 0.6) is 11.5 Å². The second-order valence-electron chi connectivity index (χ2n) is 6.04. The van der Waals surface area contributed by atoms with Gasteiger partial charge in [-0.15, -0.1) is 0 Å². The van der Waals surface area contributed by atoms with Gasteiger partial charge in [0.1, 0.15) is 17.6 Å². The lowest BCUT2D eigenvalue weighted by Crippen LogP contribution is -2.19. The van der Waals surface area contributed by atoms with Crippen LogP contribution < -0.4 is 25.8 Å². The summed E-state index contributed by atoms with van der Waals surface area (Å²) in [6.07, 6.45) is 0.925. The number of carbonyl (C=O) groups excluding carboxylic acids is 2. The Balaban J connectivity index is 1.80. The quantitative estimate of drug-likeness (QED) is 0.766. The van der Waals surface area contributed by atoms with Crippen LogP contribution in [0.1, 0.15) is 29.8 Å². The van der Waals surface area contributed by atoms with E-state index in [0.717, 1.165) is 17.7 Å². The Morgan fingerprint density at radius 2 is 1.96 bits per heavy atom. The van der Waals surface area contributed by atoms with Crippen LogP contribution >= 0.6 is 0 Å². The van der Waals surface area contributed by atoms with Crippen molar-refractivity contribution in [3.05, 3.63) is 47.5 Å². The molecule has 1 aliphatic heterocycles. The lowest BCUT2D eigenvalue weighted by molar-refractivity contribution is 0.102. The predicted molar refractivity (Wildman–Crippen MR) is 99.0 cm³/mol. The van der Waals surface area contributed by atoms with Gasteiger partial charge >= 0.3 is 6.03 Å². The Hall–Kier alpha value is -3.22. The minimum Gasteiger partial charge on any atom is -0.492 e. The Bertz CT molecular complexity index is 833. The van der Waals surface area contributed by atoms with E-state index < -0.39 is 6.03 Å². The molecule has 3 amide bonds. The fraction of sp³-hybridized carbons (Fsp3) is 0.263. The average Bonchev–Trinajstić information content (AvgIpc) is 2.94. The van der Waals surface area contributed by atoms with Crippen molar-refractivity contribution in [2.24, 2.45) is 5.73 Å². The summed E-state index contributed by atoms with van der Waals surface area (Å²) in [6, 6.07) is 9.48. The maximum atomic E-state index is 12.5. The number of carbonyl (C=O) groups is 2.